The first-order chi connectivity index (χ1) is 15.4. The topological polar surface area (TPSA) is 90.3 Å². The van der Waals surface area contributed by atoms with Crippen molar-refractivity contribution in [1.82, 2.24) is 9.80 Å². The highest BCUT2D eigenvalue weighted by Gasteiger charge is 2.35. The molecule has 0 unspecified atom stereocenters. The molecule has 1 amide bonds. The number of aliphatic hydroxyl groups is 1. The van der Waals surface area contributed by atoms with Gasteiger partial charge in [0, 0.05) is 24.7 Å². The number of hydrogen-bond donors (Lipinski definition) is 2. The van der Waals surface area contributed by atoms with Crippen LogP contribution in [0.3, 0.4) is 0 Å². The van der Waals surface area contributed by atoms with E-state index in [1.54, 1.807) is 18.0 Å². The summed E-state index contributed by atoms with van der Waals surface area (Å²) in [5.41, 5.74) is 2.44. The van der Waals surface area contributed by atoms with Gasteiger partial charge in [0.05, 0.1) is 6.04 Å². The van der Waals surface area contributed by atoms with E-state index in [-0.39, 0.29) is 18.4 Å². The minimum absolute atomic E-state index is 0.0289. The lowest BCUT2D eigenvalue weighted by molar-refractivity contribution is -0.122. The molecule has 0 saturated carbocycles. The third-order valence-corrected chi connectivity index (χ3v) is 6.02. The minimum atomic E-state index is -0.603. The molecule has 2 N–H and O–H groups in total. The molecule has 172 valence electrons. The van der Waals surface area contributed by atoms with Gasteiger partial charge in [0.15, 0.2) is 0 Å². The molecule has 2 aliphatic rings. The van der Waals surface area contributed by atoms with Crippen LogP contribution in [0.5, 0.6) is 5.75 Å². The van der Waals surface area contributed by atoms with E-state index < -0.39 is 11.9 Å². The van der Waals surface area contributed by atoms with Gasteiger partial charge in [-0.2, -0.15) is 0 Å². The van der Waals surface area contributed by atoms with E-state index in [1.807, 2.05) is 25.1 Å². The van der Waals surface area contributed by atoms with Crippen LogP contribution in [0.15, 0.2) is 36.4 Å². The lowest BCUT2D eigenvalue weighted by atomic mass is 9.94. The highest BCUT2D eigenvalue weighted by Crippen LogP contribution is 2.38. The monoisotopic (exact) mass is 444 g/mol. The molecule has 1 fully saturated rings. The second-order valence-electron chi connectivity index (χ2n) is 7.97. The van der Waals surface area contributed by atoms with Crippen LogP contribution >= 0.6 is 0 Å². The summed E-state index contributed by atoms with van der Waals surface area (Å²) in [4.78, 5) is 24.6. The average molecular weight is 445 g/mol. The number of carbonyl (C=O) groups is 2. The molecule has 2 atom stereocenters. The zero-order valence-electron chi connectivity index (χ0n) is 18.3. The number of amides is 1. The van der Waals surface area contributed by atoms with E-state index in [0.717, 1.165) is 37.1 Å². The molecule has 2 heterocycles. The smallest absolute Gasteiger partial charge is 0.290 e. The summed E-state index contributed by atoms with van der Waals surface area (Å²) in [6, 6.07) is 9.87. The Morgan fingerprint density at radius 2 is 1.91 bits per heavy atom. The number of benzene rings is 2. The molecule has 4 rings (SSSR count). The predicted molar refractivity (Wildman–Crippen MR) is 118 cm³/mol. The maximum Gasteiger partial charge on any atom is 0.290 e. The third kappa shape index (κ3) is 5.08. The maximum absolute atomic E-state index is 14.2. The Morgan fingerprint density at radius 3 is 2.56 bits per heavy atom. The molecule has 0 bridgehead atoms. The second kappa shape index (κ2) is 10.6. The first-order valence-corrected chi connectivity index (χ1v) is 10.7. The predicted octanol–water partition coefficient (Wildman–Crippen LogP) is 3.18. The molecule has 0 aromatic heterocycles. The van der Waals surface area contributed by atoms with Crippen molar-refractivity contribution in [1.29, 1.82) is 0 Å². The van der Waals surface area contributed by atoms with Gasteiger partial charge < -0.3 is 19.8 Å². The Bertz CT molecular complexity index is 961. The normalized spacial score (nSPS) is 19.9. The molecule has 0 spiro atoms. The van der Waals surface area contributed by atoms with Crippen LogP contribution in [0.1, 0.15) is 41.8 Å². The van der Waals surface area contributed by atoms with E-state index in [0.29, 0.717) is 30.0 Å². The fourth-order valence-corrected chi connectivity index (χ4v) is 4.18. The van der Waals surface area contributed by atoms with Gasteiger partial charge in [-0.1, -0.05) is 12.1 Å². The van der Waals surface area contributed by atoms with E-state index in [2.05, 4.69) is 4.90 Å². The fraction of sp³-hybridized carbons (Fsp3) is 0.417. The Hall–Kier alpha value is -2.97. The van der Waals surface area contributed by atoms with Gasteiger partial charge in [-0.25, -0.2) is 4.39 Å². The molecule has 1 saturated heterocycles. The molecule has 2 aromatic carbocycles. The van der Waals surface area contributed by atoms with Crippen LogP contribution in [0.25, 0.3) is 11.1 Å². The number of fused-ring (bicyclic) bond motifs is 1. The number of halogens is 1. The van der Waals surface area contributed by atoms with Gasteiger partial charge in [0.2, 0.25) is 0 Å². The van der Waals surface area contributed by atoms with Crippen LogP contribution in [-0.2, 0) is 4.79 Å². The Kier molecular flexibility index (Phi) is 7.82. The summed E-state index contributed by atoms with van der Waals surface area (Å²) >= 11 is 0. The molecular formula is C24H29FN2O5. The van der Waals surface area contributed by atoms with Crippen LogP contribution in [0.2, 0.25) is 0 Å². The summed E-state index contributed by atoms with van der Waals surface area (Å²) in [7, 11) is 1.69. The molecule has 8 heteroatoms. The average Bonchev–Trinajstić information content (AvgIpc) is 3.33. The number of rotatable bonds is 4. The van der Waals surface area contributed by atoms with Crippen LogP contribution in [-0.4, -0.2) is 71.7 Å². The maximum atomic E-state index is 14.2. The molecule has 2 aliphatic heterocycles. The van der Waals surface area contributed by atoms with Crippen molar-refractivity contribution in [3.8, 4) is 16.9 Å². The zero-order chi connectivity index (χ0) is 23.3. The SMILES string of the molecule is CCN(C)C(=O)c1cc(F)cc(-c2ccc3c(c2)OC[C@@H](N2CCCC2)[C@@H]3O)c1.O=CO. The van der Waals surface area contributed by atoms with Gasteiger partial charge in [0.25, 0.3) is 12.4 Å². The van der Waals surface area contributed by atoms with Crippen LogP contribution in [0, 0.1) is 5.82 Å². The van der Waals surface area contributed by atoms with Crippen molar-refractivity contribution < 1.29 is 28.9 Å². The zero-order valence-corrected chi connectivity index (χ0v) is 18.3. The summed E-state index contributed by atoms with van der Waals surface area (Å²) in [5.74, 6) is -0.0530. The molecule has 7 nitrogen and oxygen atoms in total. The number of ether oxygens (including phenoxy) is 1. The molecule has 0 radical (unpaired) electrons. The van der Waals surface area contributed by atoms with Crippen molar-refractivity contribution in [3.05, 3.63) is 53.3 Å². The summed E-state index contributed by atoms with van der Waals surface area (Å²) in [6.45, 7) is 4.59. The molecule has 0 aliphatic carbocycles. The Labute approximate surface area is 187 Å². The fourth-order valence-electron chi connectivity index (χ4n) is 4.18. The van der Waals surface area contributed by atoms with Crippen molar-refractivity contribution in [2.75, 3.05) is 33.3 Å². The summed E-state index contributed by atoms with van der Waals surface area (Å²) < 4.78 is 20.2. The van der Waals surface area contributed by atoms with Gasteiger partial charge in [-0.05, 0) is 68.2 Å². The van der Waals surface area contributed by atoms with Gasteiger partial charge >= 0.3 is 0 Å². The van der Waals surface area contributed by atoms with Crippen molar-refractivity contribution in [3.63, 3.8) is 0 Å². The van der Waals surface area contributed by atoms with E-state index in [9.17, 15) is 14.3 Å². The third-order valence-electron chi connectivity index (χ3n) is 6.02. The van der Waals surface area contributed by atoms with Crippen molar-refractivity contribution in [2.45, 2.75) is 31.9 Å². The second-order valence-corrected chi connectivity index (χ2v) is 7.97. The number of likely N-dealkylation sites (tertiary alicyclic amines) is 1. The van der Waals surface area contributed by atoms with E-state index in [4.69, 9.17) is 14.6 Å². The summed E-state index contributed by atoms with van der Waals surface area (Å²) in [5, 5.41) is 17.7. The van der Waals surface area contributed by atoms with Crippen molar-refractivity contribution in [2.24, 2.45) is 0 Å². The first kappa shape index (κ1) is 23.7. The number of carboxylic acid groups (broad SMARTS) is 1. The van der Waals surface area contributed by atoms with Gasteiger partial charge in [0.1, 0.15) is 24.3 Å². The van der Waals surface area contributed by atoms with E-state index in [1.165, 1.54) is 12.1 Å². The standard InChI is InChI=1S/C23H27FN2O3.CH2O2/c1-3-25(2)23(28)17-10-16(11-18(24)12-17)15-6-7-19-21(13-15)29-14-20(22(19)27)26-8-4-5-9-26;2-1-3/h6-7,10-13,20,22,27H,3-5,8-9,14H2,1-2H3;1H,(H,2,3)/t20-,22-;/m1./s1. The quantitative estimate of drug-likeness (QED) is 0.704. The van der Waals surface area contributed by atoms with Crippen LogP contribution in [0.4, 0.5) is 4.39 Å². The van der Waals surface area contributed by atoms with E-state index >= 15 is 0 Å². The Morgan fingerprint density at radius 1 is 1.22 bits per heavy atom. The van der Waals surface area contributed by atoms with Crippen LogP contribution < -0.4 is 4.74 Å². The van der Waals surface area contributed by atoms with Gasteiger partial charge in [-0.15, -0.1) is 0 Å². The highest BCUT2D eigenvalue weighted by molar-refractivity contribution is 5.95. The summed E-state index contributed by atoms with van der Waals surface area (Å²) in [6.07, 6.45) is 1.71. The number of nitrogens with zero attached hydrogens (tertiary/aromatic N) is 2. The largest absolute Gasteiger partial charge is 0.491 e. The molecule has 2 aromatic rings. The molecular weight excluding hydrogens is 415 g/mol. The number of hydrogen-bond acceptors (Lipinski definition) is 5. The lowest BCUT2D eigenvalue weighted by Gasteiger charge is -2.36. The Balaban J connectivity index is 0.000000913. The van der Waals surface area contributed by atoms with Gasteiger partial charge in [-0.3, -0.25) is 14.5 Å². The molecule has 32 heavy (non-hydrogen) atoms. The number of carbonyl (C=O) groups excluding carboxylic acids is 1. The first-order valence-electron chi connectivity index (χ1n) is 10.7. The lowest BCUT2D eigenvalue weighted by Crippen LogP contribution is -2.44. The minimum Gasteiger partial charge on any atom is -0.491 e. The number of aliphatic hydroxyl groups excluding tert-OH is 1. The highest BCUT2D eigenvalue weighted by atomic mass is 19.1. The van der Waals surface area contributed by atoms with Crippen molar-refractivity contribution >= 4 is 12.4 Å².